The molecule has 0 aliphatic carbocycles. The summed E-state index contributed by atoms with van der Waals surface area (Å²) in [5.41, 5.74) is 0. The fraction of sp³-hybridized carbons (Fsp3) is 0.800. The van der Waals surface area contributed by atoms with Gasteiger partial charge in [-0.2, -0.15) is 0 Å². The predicted octanol–water partition coefficient (Wildman–Crippen LogP) is 1.48. The molecule has 2 aliphatic rings. The van der Waals surface area contributed by atoms with Crippen molar-refractivity contribution in [2.75, 3.05) is 19.8 Å². The molecule has 2 rings (SSSR count). The van der Waals surface area contributed by atoms with Crippen molar-refractivity contribution in [3.63, 3.8) is 0 Å². The summed E-state index contributed by atoms with van der Waals surface area (Å²) in [5.74, 6) is -0.322. The van der Waals surface area contributed by atoms with E-state index >= 15 is 0 Å². The second-order valence-corrected chi connectivity index (χ2v) is 3.72. The third kappa shape index (κ3) is 2.48. The summed E-state index contributed by atoms with van der Waals surface area (Å²) in [5, 5.41) is 3.40. The molecule has 2 heterocycles. The summed E-state index contributed by atoms with van der Waals surface area (Å²) in [6.45, 7) is 6.07. The molecule has 0 aromatic heterocycles. The van der Waals surface area contributed by atoms with Crippen LogP contribution in [0.3, 0.4) is 0 Å². The van der Waals surface area contributed by atoms with Crippen molar-refractivity contribution in [1.82, 2.24) is 5.32 Å². The molecule has 1 atom stereocenters. The fourth-order valence-corrected chi connectivity index (χ4v) is 2.01. The fourth-order valence-electron chi connectivity index (χ4n) is 2.01. The molecule has 1 spiro atoms. The van der Waals surface area contributed by atoms with Crippen molar-refractivity contribution in [3.8, 4) is 0 Å². The van der Waals surface area contributed by atoms with Crippen LogP contribution in [0.5, 0.6) is 0 Å². The van der Waals surface area contributed by atoms with E-state index in [1.165, 1.54) is 0 Å². The predicted molar refractivity (Wildman–Crippen MR) is 57.7 cm³/mol. The van der Waals surface area contributed by atoms with E-state index in [4.69, 9.17) is 9.47 Å². The third-order valence-electron chi connectivity index (χ3n) is 2.80. The van der Waals surface area contributed by atoms with Gasteiger partial charge in [0.05, 0.1) is 19.8 Å². The van der Waals surface area contributed by atoms with Gasteiger partial charge in [-0.25, -0.2) is 0 Å². The molecule has 3 nitrogen and oxygen atoms in total. The number of hydrogen-bond donors (Lipinski definition) is 1. The number of hydrogen-bond acceptors (Lipinski definition) is 3. The second kappa shape index (κ2) is 5.12. The van der Waals surface area contributed by atoms with Crippen LogP contribution in [0.4, 0.5) is 0 Å². The lowest BCUT2D eigenvalue weighted by molar-refractivity contribution is -0.155. The largest absolute Gasteiger partial charge is 0.346 e. The van der Waals surface area contributed by atoms with Crippen molar-refractivity contribution in [2.45, 2.75) is 31.1 Å². The summed E-state index contributed by atoms with van der Waals surface area (Å²) in [6.07, 6.45) is 5.25. The smallest absolute Gasteiger partial charge is 0.180 e. The number of nitrogens with one attached hydrogen (secondary N) is 1. The van der Waals surface area contributed by atoms with E-state index < -0.39 is 0 Å². The lowest BCUT2D eigenvalue weighted by Gasteiger charge is -2.25. The second-order valence-electron chi connectivity index (χ2n) is 3.72. The molecule has 0 saturated carbocycles. The van der Waals surface area contributed by atoms with Gasteiger partial charge in [-0.05, 0) is 12.8 Å². The monoisotopic (exact) mass is 219 g/mol. The van der Waals surface area contributed by atoms with Crippen molar-refractivity contribution >= 4 is 12.4 Å². The molecular weight excluding hydrogens is 202 g/mol. The third-order valence-corrected chi connectivity index (χ3v) is 2.80. The molecule has 0 bridgehead atoms. The van der Waals surface area contributed by atoms with Gasteiger partial charge in [-0.1, -0.05) is 6.08 Å². The Morgan fingerprint density at radius 2 is 2.07 bits per heavy atom. The first kappa shape index (κ1) is 12.0. The summed E-state index contributed by atoms with van der Waals surface area (Å²) in [4.78, 5) is 0. The van der Waals surface area contributed by atoms with Gasteiger partial charge in [0.25, 0.3) is 0 Å². The van der Waals surface area contributed by atoms with E-state index in [1.807, 2.05) is 6.08 Å². The van der Waals surface area contributed by atoms with Crippen molar-refractivity contribution < 1.29 is 9.47 Å². The first-order valence-electron chi connectivity index (χ1n) is 4.98. The maximum absolute atomic E-state index is 5.64. The van der Waals surface area contributed by atoms with E-state index in [9.17, 15) is 0 Å². The van der Waals surface area contributed by atoms with E-state index in [1.54, 1.807) is 0 Å². The molecule has 4 heteroatoms. The topological polar surface area (TPSA) is 30.5 Å². The van der Waals surface area contributed by atoms with Crippen LogP contribution in [0.1, 0.15) is 19.3 Å². The molecule has 2 saturated heterocycles. The number of ether oxygens (including phenoxy) is 2. The Balaban J connectivity index is 0.000000980. The maximum Gasteiger partial charge on any atom is 0.180 e. The summed E-state index contributed by atoms with van der Waals surface area (Å²) < 4.78 is 11.3. The summed E-state index contributed by atoms with van der Waals surface area (Å²) >= 11 is 0. The highest BCUT2D eigenvalue weighted by Gasteiger charge is 2.37. The summed E-state index contributed by atoms with van der Waals surface area (Å²) in [7, 11) is 0. The van der Waals surface area contributed by atoms with E-state index in [0.717, 1.165) is 39.0 Å². The van der Waals surface area contributed by atoms with Crippen LogP contribution in [0, 0.1) is 0 Å². The van der Waals surface area contributed by atoms with Crippen LogP contribution in [0.2, 0.25) is 0 Å². The molecule has 2 fully saturated rings. The standard InChI is InChI=1S/C10H17NO2.ClH/c1-2-9-4-3-5-10(8-11-9)12-6-7-13-10;/h2,9,11H,1,3-8H2;1H/t9-;/m0./s1. The highest BCUT2D eigenvalue weighted by Crippen LogP contribution is 2.27. The Kier molecular flexibility index (Phi) is 4.38. The summed E-state index contributed by atoms with van der Waals surface area (Å²) in [6, 6.07) is 0.423. The molecule has 82 valence electrons. The Labute approximate surface area is 91.3 Å². The van der Waals surface area contributed by atoms with Gasteiger partial charge >= 0.3 is 0 Å². The molecule has 2 aliphatic heterocycles. The van der Waals surface area contributed by atoms with Gasteiger partial charge in [-0.15, -0.1) is 19.0 Å². The highest BCUT2D eigenvalue weighted by molar-refractivity contribution is 5.85. The molecule has 0 radical (unpaired) electrons. The van der Waals surface area contributed by atoms with Crippen molar-refractivity contribution in [3.05, 3.63) is 12.7 Å². The van der Waals surface area contributed by atoms with Gasteiger partial charge < -0.3 is 14.8 Å². The Morgan fingerprint density at radius 1 is 1.36 bits per heavy atom. The molecule has 1 N–H and O–H groups in total. The van der Waals surface area contributed by atoms with Gasteiger partial charge in [0, 0.05) is 12.5 Å². The molecule has 0 aromatic carbocycles. The van der Waals surface area contributed by atoms with E-state index in [0.29, 0.717) is 6.04 Å². The Bertz CT molecular complexity index is 193. The van der Waals surface area contributed by atoms with Gasteiger partial charge in [0.15, 0.2) is 5.79 Å². The molecule has 0 aromatic rings. The number of rotatable bonds is 1. The van der Waals surface area contributed by atoms with Crippen LogP contribution in [0.15, 0.2) is 12.7 Å². The van der Waals surface area contributed by atoms with Gasteiger partial charge in [-0.3, -0.25) is 0 Å². The average molecular weight is 220 g/mol. The van der Waals surface area contributed by atoms with Crippen LogP contribution in [0.25, 0.3) is 0 Å². The van der Waals surface area contributed by atoms with Crippen molar-refractivity contribution in [2.24, 2.45) is 0 Å². The van der Waals surface area contributed by atoms with Crippen LogP contribution in [-0.4, -0.2) is 31.6 Å². The molecular formula is C10H18ClNO2. The first-order valence-corrected chi connectivity index (χ1v) is 4.98. The Morgan fingerprint density at radius 3 is 2.71 bits per heavy atom. The Hall–Kier alpha value is -0.0900. The van der Waals surface area contributed by atoms with E-state index in [-0.39, 0.29) is 18.2 Å². The minimum absolute atomic E-state index is 0. The van der Waals surface area contributed by atoms with Gasteiger partial charge in [0.2, 0.25) is 0 Å². The quantitative estimate of drug-likeness (QED) is 0.678. The molecule has 0 unspecified atom stereocenters. The highest BCUT2D eigenvalue weighted by atomic mass is 35.5. The van der Waals surface area contributed by atoms with Crippen LogP contribution in [-0.2, 0) is 9.47 Å². The van der Waals surface area contributed by atoms with Crippen LogP contribution < -0.4 is 5.32 Å². The molecule has 0 amide bonds. The van der Waals surface area contributed by atoms with Gasteiger partial charge in [0.1, 0.15) is 0 Å². The molecule has 14 heavy (non-hydrogen) atoms. The zero-order valence-electron chi connectivity index (χ0n) is 8.33. The minimum atomic E-state index is -0.322. The SMILES string of the molecule is C=C[C@H]1CCCC2(CN1)OCCO2.Cl. The number of halogens is 1. The van der Waals surface area contributed by atoms with E-state index in [2.05, 4.69) is 11.9 Å². The maximum atomic E-state index is 5.64. The minimum Gasteiger partial charge on any atom is -0.346 e. The van der Waals surface area contributed by atoms with Crippen LogP contribution >= 0.6 is 12.4 Å². The normalized spacial score (nSPS) is 30.7. The first-order chi connectivity index (χ1) is 6.35. The average Bonchev–Trinajstić information content (AvgIpc) is 2.49. The zero-order valence-corrected chi connectivity index (χ0v) is 9.15. The van der Waals surface area contributed by atoms with Crippen molar-refractivity contribution in [1.29, 1.82) is 0 Å². The lowest BCUT2D eigenvalue weighted by Crippen LogP contribution is -2.42. The zero-order chi connectivity index (χ0) is 9.15. The lowest BCUT2D eigenvalue weighted by atomic mass is 10.1.